The van der Waals surface area contributed by atoms with Crippen molar-refractivity contribution in [2.75, 3.05) is 6.61 Å². The smallest absolute Gasteiger partial charge is 0.145 e. The van der Waals surface area contributed by atoms with Gasteiger partial charge >= 0.3 is 0 Å². The zero-order valence-corrected chi connectivity index (χ0v) is 9.38. The lowest BCUT2D eigenvalue weighted by Crippen LogP contribution is -2.05. The Morgan fingerprint density at radius 1 is 1.50 bits per heavy atom. The van der Waals surface area contributed by atoms with Crippen molar-refractivity contribution in [2.45, 2.75) is 26.9 Å². The van der Waals surface area contributed by atoms with E-state index in [9.17, 15) is 4.39 Å². The van der Waals surface area contributed by atoms with Gasteiger partial charge in [-0.15, -0.1) is 0 Å². The standard InChI is InChI=1S/C12H14FNO2/c1-3-9-8(7-15)5-11(13)10(6-14)12(9)16-4-2/h5,15H,3-4,7H2,1-2H3. The van der Waals surface area contributed by atoms with E-state index in [0.717, 1.165) is 0 Å². The summed E-state index contributed by atoms with van der Waals surface area (Å²) in [6.07, 6.45) is 0.584. The summed E-state index contributed by atoms with van der Waals surface area (Å²) < 4.78 is 18.8. The number of benzene rings is 1. The average molecular weight is 223 g/mol. The molecule has 0 amide bonds. The third-order valence-electron chi connectivity index (χ3n) is 2.35. The van der Waals surface area contributed by atoms with Gasteiger partial charge in [0.1, 0.15) is 23.2 Å². The van der Waals surface area contributed by atoms with Gasteiger partial charge in [-0.1, -0.05) is 6.92 Å². The molecule has 1 rings (SSSR count). The van der Waals surface area contributed by atoms with E-state index in [0.29, 0.717) is 24.2 Å². The van der Waals surface area contributed by atoms with E-state index < -0.39 is 5.82 Å². The molecule has 0 heterocycles. The van der Waals surface area contributed by atoms with Crippen LogP contribution >= 0.6 is 0 Å². The third kappa shape index (κ3) is 2.15. The van der Waals surface area contributed by atoms with Gasteiger partial charge < -0.3 is 9.84 Å². The van der Waals surface area contributed by atoms with Crippen LogP contribution in [0.2, 0.25) is 0 Å². The third-order valence-corrected chi connectivity index (χ3v) is 2.35. The van der Waals surface area contributed by atoms with Crippen molar-refractivity contribution in [3.05, 3.63) is 28.6 Å². The first-order chi connectivity index (χ1) is 7.69. The number of halogens is 1. The molecule has 0 aliphatic rings. The number of aliphatic hydroxyl groups is 1. The van der Waals surface area contributed by atoms with Crippen LogP contribution in [0, 0.1) is 17.1 Å². The maximum atomic E-state index is 13.5. The highest BCUT2D eigenvalue weighted by Crippen LogP contribution is 2.30. The average Bonchev–Trinajstić information content (AvgIpc) is 2.29. The number of rotatable bonds is 4. The molecule has 0 aliphatic heterocycles. The Balaban J connectivity index is 3.48. The summed E-state index contributed by atoms with van der Waals surface area (Å²) in [7, 11) is 0. The summed E-state index contributed by atoms with van der Waals surface area (Å²) in [6.45, 7) is 3.74. The molecule has 0 unspecified atom stereocenters. The molecule has 0 saturated heterocycles. The highest BCUT2D eigenvalue weighted by atomic mass is 19.1. The molecule has 4 heteroatoms. The minimum atomic E-state index is -0.646. The summed E-state index contributed by atoms with van der Waals surface area (Å²) in [6, 6.07) is 2.99. The van der Waals surface area contributed by atoms with Crippen LogP contribution in [0.25, 0.3) is 0 Å². The predicted molar refractivity (Wildman–Crippen MR) is 57.6 cm³/mol. The lowest BCUT2D eigenvalue weighted by molar-refractivity contribution is 0.277. The van der Waals surface area contributed by atoms with Crippen molar-refractivity contribution in [3.63, 3.8) is 0 Å². The largest absolute Gasteiger partial charge is 0.492 e. The molecular weight excluding hydrogens is 209 g/mol. The van der Waals surface area contributed by atoms with Crippen molar-refractivity contribution in [2.24, 2.45) is 0 Å². The topological polar surface area (TPSA) is 53.2 Å². The quantitative estimate of drug-likeness (QED) is 0.850. The molecule has 0 bridgehead atoms. The molecule has 1 aromatic rings. The van der Waals surface area contributed by atoms with Gasteiger partial charge in [-0.25, -0.2) is 4.39 Å². The molecule has 0 radical (unpaired) electrons. The Kier molecular flexibility index (Phi) is 4.27. The fourth-order valence-electron chi connectivity index (χ4n) is 1.65. The molecule has 16 heavy (non-hydrogen) atoms. The second-order valence-corrected chi connectivity index (χ2v) is 3.26. The zero-order chi connectivity index (χ0) is 12.1. The van der Waals surface area contributed by atoms with Gasteiger partial charge in [0.25, 0.3) is 0 Å². The van der Waals surface area contributed by atoms with E-state index >= 15 is 0 Å². The van der Waals surface area contributed by atoms with E-state index in [1.165, 1.54) is 6.07 Å². The van der Waals surface area contributed by atoms with Gasteiger partial charge in [0.2, 0.25) is 0 Å². The van der Waals surface area contributed by atoms with Crippen molar-refractivity contribution in [3.8, 4) is 11.8 Å². The molecule has 1 N–H and O–H groups in total. The second-order valence-electron chi connectivity index (χ2n) is 3.26. The Morgan fingerprint density at radius 2 is 2.19 bits per heavy atom. The van der Waals surface area contributed by atoms with Crippen molar-refractivity contribution in [1.82, 2.24) is 0 Å². The van der Waals surface area contributed by atoms with Gasteiger partial charge in [0.05, 0.1) is 13.2 Å². The van der Waals surface area contributed by atoms with Gasteiger partial charge in [-0.05, 0) is 25.0 Å². The second kappa shape index (κ2) is 5.47. The Labute approximate surface area is 94.1 Å². The van der Waals surface area contributed by atoms with Crippen molar-refractivity contribution >= 4 is 0 Å². The van der Waals surface area contributed by atoms with Crippen molar-refractivity contribution in [1.29, 1.82) is 5.26 Å². The SMILES string of the molecule is CCOc1c(C#N)c(F)cc(CO)c1CC. The van der Waals surface area contributed by atoms with Crippen LogP contribution in [-0.4, -0.2) is 11.7 Å². The van der Waals surface area contributed by atoms with E-state index in [1.54, 1.807) is 13.0 Å². The molecular formula is C12H14FNO2. The van der Waals surface area contributed by atoms with Crippen molar-refractivity contribution < 1.29 is 14.2 Å². The van der Waals surface area contributed by atoms with E-state index in [-0.39, 0.29) is 17.9 Å². The van der Waals surface area contributed by atoms with Gasteiger partial charge in [-0.3, -0.25) is 0 Å². The van der Waals surface area contributed by atoms with Gasteiger partial charge in [-0.2, -0.15) is 5.26 Å². The van der Waals surface area contributed by atoms with E-state index in [2.05, 4.69) is 0 Å². The molecule has 1 aromatic carbocycles. The zero-order valence-electron chi connectivity index (χ0n) is 9.38. The van der Waals surface area contributed by atoms with Gasteiger partial charge in [0, 0.05) is 5.56 Å². The first kappa shape index (κ1) is 12.5. The highest BCUT2D eigenvalue weighted by molar-refractivity contribution is 5.53. The molecule has 0 fully saturated rings. The lowest BCUT2D eigenvalue weighted by Gasteiger charge is -2.14. The first-order valence-electron chi connectivity index (χ1n) is 5.17. The Hall–Kier alpha value is -1.60. The first-order valence-corrected chi connectivity index (χ1v) is 5.17. The molecule has 86 valence electrons. The number of hydrogen-bond acceptors (Lipinski definition) is 3. The highest BCUT2D eigenvalue weighted by Gasteiger charge is 2.17. The molecule has 0 saturated carbocycles. The number of aliphatic hydroxyl groups excluding tert-OH is 1. The molecule has 0 atom stereocenters. The summed E-state index contributed by atoms with van der Waals surface area (Å²) in [5.74, 6) is -0.385. The maximum Gasteiger partial charge on any atom is 0.145 e. The Morgan fingerprint density at radius 3 is 2.62 bits per heavy atom. The van der Waals surface area contributed by atoms with Crippen LogP contribution in [0.3, 0.4) is 0 Å². The molecule has 3 nitrogen and oxygen atoms in total. The summed E-state index contributed by atoms with van der Waals surface area (Å²) in [4.78, 5) is 0. The number of ether oxygens (including phenoxy) is 1. The van der Waals surface area contributed by atoms with E-state index in [1.807, 2.05) is 6.92 Å². The van der Waals surface area contributed by atoms with Crippen LogP contribution in [0.1, 0.15) is 30.5 Å². The molecule has 0 aromatic heterocycles. The minimum absolute atomic E-state index is 0.0871. The van der Waals surface area contributed by atoms with Crippen LogP contribution in [0.15, 0.2) is 6.07 Å². The normalized spacial score (nSPS) is 9.94. The van der Waals surface area contributed by atoms with Crippen LogP contribution < -0.4 is 4.74 Å². The number of hydrogen-bond donors (Lipinski definition) is 1. The fourth-order valence-corrected chi connectivity index (χ4v) is 1.65. The lowest BCUT2D eigenvalue weighted by atomic mass is 10.00. The van der Waals surface area contributed by atoms with Crippen LogP contribution in [0.4, 0.5) is 4.39 Å². The summed E-state index contributed by atoms with van der Waals surface area (Å²) in [5.41, 5.74) is 1.08. The predicted octanol–water partition coefficient (Wildman–Crippen LogP) is 2.15. The van der Waals surface area contributed by atoms with Gasteiger partial charge in [0.15, 0.2) is 0 Å². The fraction of sp³-hybridized carbons (Fsp3) is 0.417. The van der Waals surface area contributed by atoms with E-state index in [4.69, 9.17) is 15.1 Å². The summed E-state index contributed by atoms with van der Waals surface area (Å²) in [5, 5.41) is 18.0. The monoisotopic (exact) mass is 223 g/mol. The molecule has 0 aliphatic carbocycles. The van der Waals surface area contributed by atoms with Crippen LogP contribution in [0.5, 0.6) is 5.75 Å². The maximum absolute atomic E-state index is 13.5. The molecule has 0 spiro atoms. The Bertz CT molecular complexity index is 424. The minimum Gasteiger partial charge on any atom is -0.492 e. The van der Waals surface area contributed by atoms with Crippen LogP contribution in [-0.2, 0) is 13.0 Å². The number of nitriles is 1. The summed E-state index contributed by atoms with van der Waals surface area (Å²) >= 11 is 0. The number of nitrogens with zero attached hydrogens (tertiary/aromatic N) is 1.